The molecule has 2 heterocycles. The van der Waals surface area contributed by atoms with Crippen LogP contribution in [0.25, 0.3) is 16.9 Å². The predicted octanol–water partition coefficient (Wildman–Crippen LogP) is 4.31. The maximum Gasteiger partial charge on any atom is 0.270 e. The van der Waals surface area contributed by atoms with Crippen LogP contribution >= 0.6 is 0 Å². The molecule has 4 rings (SSSR count). The van der Waals surface area contributed by atoms with Gasteiger partial charge in [0.25, 0.3) is 5.91 Å². The summed E-state index contributed by atoms with van der Waals surface area (Å²) >= 11 is 0. The first kappa shape index (κ1) is 18.6. The molecule has 2 aromatic carbocycles. The molecule has 0 atom stereocenters. The van der Waals surface area contributed by atoms with Crippen LogP contribution < -0.4 is 5.32 Å². The second kappa shape index (κ2) is 8.06. The van der Waals surface area contributed by atoms with E-state index in [0.717, 1.165) is 16.8 Å². The number of pyridine rings is 1. The van der Waals surface area contributed by atoms with Gasteiger partial charge in [0.05, 0.1) is 11.4 Å². The van der Waals surface area contributed by atoms with Gasteiger partial charge in [0.15, 0.2) is 0 Å². The third kappa shape index (κ3) is 4.06. The van der Waals surface area contributed by atoms with E-state index in [1.165, 1.54) is 6.07 Å². The van der Waals surface area contributed by atoms with E-state index in [1.54, 1.807) is 41.3 Å². The van der Waals surface area contributed by atoms with Crippen LogP contribution in [0, 0.1) is 12.7 Å². The molecule has 0 saturated heterocycles. The monoisotopic (exact) mass is 386 g/mol. The Hall–Kier alpha value is -3.80. The van der Waals surface area contributed by atoms with Crippen molar-refractivity contribution in [2.24, 2.45) is 0 Å². The lowest BCUT2D eigenvalue weighted by molar-refractivity contribution is 0.0943. The van der Waals surface area contributed by atoms with E-state index in [0.29, 0.717) is 23.5 Å². The number of nitrogens with zero attached hydrogens (tertiary/aromatic N) is 3. The fourth-order valence-electron chi connectivity index (χ4n) is 3.08. The van der Waals surface area contributed by atoms with Gasteiger partial charge in [-0.15, -0.1) is 0 Å². The molecule has 0 aliphatic rings. The minimum absolute atomic E-state index is 0.301. The molecule has 0 radical (unpaired) electrons. The number of aryl methyl sites for hydroxylation is 1. The fourth-order valence-corrected chi connectivity index (χ4v) is 3.08. The van der Waals surface area contributed by atoms with Crippen molar-refractivity contribution in [3.8, 4) is 16.9 Å². The number of carbonyl (C=O) groups is 1. The van der Waals surface area contributed by atoms with Crippen molar-refractivity contribution in [2.45, 2.75) is 13.5 Å². The Morgan fingerprint density at radius 2 is 1.93 bits per heavy atom. The van der Waals surface area contributed by atoms with Gasteiger partial charge in [-0.25, -0.2) is 9.07 Å². The summed E-state index contributed by atoms with van der Waals surface area (Å²) in [5.74, 6) is -0.686. The number of rotatable bonds is 5. The summed E-state index contributed by atoms with van der Waals surface area (Å²) in [7, 11) is 0. The van der Waals surface area contributed by atoms with E-state index in [4.69, 9.17) is 0 Å². The van der Waals surface area contributed by atoms with E-state index in [1.807, 2.05) is 43.3 Å². The van der Waals surface area contributed by atoms with Gasteiger partial charge in [-0.2, -0.15) is 5.10 Å². The number of hydrogen-bond donors (Lipinski definition) is 1. The SMILES string of the molecule is Cc1cccc(-n2nc(-c3ccccc3F)cc2C(=O)NCc2cccnc2)c1. The van der Waals surface area contributed by atoms with Gasteiger partial charge >= 0.3 is 0 Å². The van der Waals surface area contributed by atoms with Gasteiger partial charge in [-0.3, -0.25) is 9.78 Å². The molecule has 5 nitrogen and oxygen atoms in total. The van der Waals surface area contributed by atoms with Crippen molar-refractivity contribution in [3.05, 3.63) is 102 Å². The fraction of sp³-hybridized carbons (Fsp3) is 0.0870. The summed E-state index contributed by atoms with van der Waals surface area (Å²) in [6.07, 6.45) is 3.38. The lowest BCUT2D eigenvalue weighted by atomic mass is 10.1. The quantitative estimate of drug-likeness (QED) is 0.556. The van der Waals surface area contributed by atoms with Crippen molar-refractivity contribution in [2.75, 3.05) is 0 Å². The summed E-state index contributed by atoms with van der Waals surface area (Å²) in [5.41, 5.74) is 3.73. The molecule has 1 N–H and O–H groups in total. The van der Waals surface area contributed by atoms with Gasteiger partial charge in [0.1, 0.15) is 11.5 Å². The van der Waals surface area contributed by atoms with Crippen LogP contribution in [-0.2, 0) is 6.54 Å². The number of halogens is 1. The molecule has 29 heavy (non-hydrogen) atoms. The Kier molecular flexibility index (Phi) is 5.16. The average molecular weight is 386 g/mol. The molecule has 1 amide bonds. The van der Waals surface area contributed by atoms with Crippen LogP contribution in [0.3, 0.4) is 0 Å². The van der Waals surface area contributed by atoms with Crippen LogP contribution in [-0.4, -0.2) is 20.7 Å². The summed E-state index contributed by atoms with van der Waals surface area (Å²) < 4.78 is 15.8. The number of benzene rings is 2. The van der Waals surface area contributed by atoms with Crippen molar-refractivity contribution in [1.29, 1.82) is 0 Å². The van der Waals surface area contributed by atoms with E-state index in [-0.39, 0.29) is 11.7 Å². The molecule has 0 aliphatic heterocycles. The molecular weight excluding hydrogens is 367 g/mol. The van der Waals surface area contributed by atoms with Gasteiger partial charge in [-0.05, 0) is 54.4 Å². The lowest BCUT2D eigenvalue weighted by Crippen LogP contribution is -2.25. The Labute approximate surface area is 167 Å². The molecule has 144 valence electrons. The van der Waals surface area contributed by atoms with Crippen molar-refractivity contribution in [1.82, 2.24) is 20.1 Å². The van der Waals surface area contributed by atoms with Gasteiger partial charge in [-0.1, -0.05) is 30.3 Å². The maximum atomic E-state index is 14.3. The summed E-state index contributed by atoms with van der Waals surface area (Å²) in [6.45, 7) is 2.30. The third-order valence-corrected chi connectivity index (χ3v) is 4.51. The lowest BCUT2D eigenvalue weighted by Gasteiger charge is -2.09. The Bertz CT molecular complexity index is 1150. The first-order valence-corrected chi connectivity index (χ1v) is 9.21. The highest BCUT2D eigenvalue weighted by Crippen LogP contribution is 2.24. The van der Waals surface area contributed by atoms with Gasteiger partial charge in [0.2, 0.25) is 0 Å². The topological polar surface area (TPSA) is 59.8 Å². The number of aromatic nitrogens is 3. The Morgan fingerprint density at radius 3 is 2.69 bits per heavy atom. The minimum atomic E-state index is -0.385. The molecule has 0 saturated carbocycles. The molecule has 2 aromatic heterocycles. The Morgan fingerprint density at radius 1 is 1.07 bits per heavy atom. The van der Waals surface area contributed by atoms with E-state index >= 15 is 0 Å². The largest absolute Gasteiger partial charge is 0.347 e. The first-order valence-electron chi connectivity index (χ1n) is 9.21. The Balaban J connectivity index is 1.72. The van der Waals surface area contributed by atoms with E-state index < -0.39 is 0 Å². The second-order valence-corrected chi connectivity index (χ2v) is 6.69. The van der Waals surface area contributed by atoms with Crippen molar-refractivity contribution < 1.29 is 9.18 Å². The molecule has 0 unspecified atom stereocenters. The number of amides is 1. The van der Waals surface area contributed by atoms with Gasteiger partial charge < -0.3 is 5.32 Å². The first-order chi connectivity index (χ1) is 14.1. The summed E-state index contributed by atoms with van der Waals surface area (Å²) in [5, 5.41) is 7.42. The molecular formula is C23H19FN4O. The average Bonchev–Trinajstić information content (AvgIpc) is 3.18. The van der Waals surface area contributed by atoms with E-state index in [9.17, 15) is 9.18 Å². The molecule has 0 spiro atoms. The smallest absolute Gasteiger partial charge is 0.270 e. The van der Waals surface area contributed by atoms with Crippen LogP contribution in [0.4, 0.5) is 4.39 Å². The van der Waals surface area contributed by atoms with Crippen molar-refractivity contribution in [3.63, 3.8) is 0 Å². The highest BCUT2D eigenvalue weighted by molar-refractivity contribution is 5.94. The third-order valence-electron chi connectivity index (χ3n) is 4.51. The normalized spacial score (nSPS) is 10.7. The molecule has 6 heteroatoms. The van der Waals surface area contributed by atoms with Gasteiger partial charge in [0, 0.05) is 24.5 Å². The van der Waals surface area contributed by atoms with Crippen molar-refractivity contribution >= 4 is 5.91 Å². The second-order valence-electron chi connectivity index (χ2n) is 6.69. The van der Waals surface area contributed by atoms with E-state index in [2.05, 4.69) is 15.4 Å². The molecule has 0 fully saturated rings. The summed E-state index contributed by atoms with van der Waals surface area (Å²) in [6, 6.07) is 19.4. The maximum absolute atomic E-state index is 14.3. The zero-order chi connectivity index (χ0) is 20.2. The van der Waals surface area contributed by atoms with Crippen LogP contribution in [0.2, 0.25) is 0 Å². The minimum Gasteiger partial charge on any atom is -0.347 e. The zero-order valence-electron chi connectivity index (χ0n) is 15.8. The number of nitrogens with one attached hydrogen (secondary N) is 1. The number of carbonyl (C=O) groups excluding carboxylic acids is 1. The summed E-state index contributed by atoms with van der Waals surface area (Å²) in [4.78, 5) is 17.0. The molecule has 4 aromatic rings. The zero-order valence-corrected chi connectivity index (χ0v) is 15.8. The predicted molar refractivity (Wildman–Crippen MR) is 109 cm³/mol. The number of hydrogen-bond acceptors (Lipinski definition) is 3. The van der Waals surface area contributed by atoms with Crippen LogP contribution in [0.15, 0.2) is 79.1 Å². The standard InChI is InChI=1S/C23H19FN4O/c1-16-6-4-8-18(12-16)28-22(23(29)26-15-17-7-5-11-25-14-17)13-21(27-28)19-9-2-3-10-20(19)24/h2-14H,15H2,1H3,(H,26,29). The van der Waals surface area contributed by atoms with Crippen LogP contribution in [0.1, 0.15) is 21.6 Å². The molecule has 0 bridgehead atoms. The molecule has 0 aliphatic carbocycles. The highest BCUT2D eigenvalue weighted by atomic mass is 19.1. The highest BCUT2D eigenvalue weighted by Gasteiger charge is 2.19. The van der Waals surface area contributed by atoms with Crippen LogP contribution in [0.5, 0.6) is 0 Å².